The molecule has 0 unspecified atom stereocenters. The zero-order chi connectivity index (χ0) is 17.6. The van der Waals surface area contributed by atoms with Gasteiger partial charge >= 0.3 is 0 Å². The summed E-state index contributed by atoms with van der Waals surface area (Å²) in [5, 5.41) is 1.92. The molecule has 134 valence electrons. The topological polar surface area (TPSA) is 38.8 Å². The molecule has 0 spiro atoms. The fourth-order valence-corrected chi connectivity index (χ4v) is 4.29. The highest BCUT2D eigenvalue weighted by atomic mass is 32.1. The van der Waals surface area contributed by atoms with Gasteiger partial charge in [-0.2, -0.15) is 0 Å². The molecule has 1 amide bonds. The van der Waals surface area contributed by atoms with Gasteiger partial charge < -0.3 is 14.4 Å². The van der Waals surface area contributed by atoms with Crippen molar-refractivity contribution < 1.29 is 14.3 Å². The van der Waals surface area contributed by atoms with Crippen LogP contribution in [0.15, 0.2) is 41.8 Å². The van der Waals surface area contributed by atoms with Crippen LogP contribution in [-0.4, -0.2) is 43.7 Å². The predicted molar refractivity (Wildman–Crippen MR) is 100 cm³/mol. The largest absolute Gasteiger partial charge is 0.492 e. The molecule has 3 rings (SSSR count). The molecule has 1 aliphatic rings. The van der Waals surface area contributed by atoms with E-state index in [0.717, 1.165) is 25.9 Å². The van der Waals surface area contributed by atoms with Crippen LogP contribution in [0.3, 0.4) is 0 Å². The lowest BCUT2D eigenvalue weighted by Gasteiger charge is -2.38. The molecule has 2 aromatic rings. The highest BCUT2D eigenvalue weighted by molar-refractivity contribution is 7.12. The average Bonchev–Trinajstić information content (AvgIpc) is 3.10. The molecular formula is C20H25NO3S. The molecule has 1 fully saturated rings. The zero-order valence-corrected chi connectivity index (χ0v) is 15.6. The number of hydrogen-bond donors (Lipinski definition) is 0. The normalized spacial score (nSPS) is 20.5. The number of carbonyl (C=O) groups is 1. The molecule has 1 aliphatic heterocycles. The minimum Gasteiger partial charge on any atom is -0.492 e. The van der Waals surface area contributed by atoms with Gasteiger partial charge in [0.15, 0.2) is 0 Å². The molecule has 2 atom stereocenters. The minimum atomic E-state index is 0.0751. The fourth-order valence-electron chi connectivity index (χ4n) is 3.48. The van der Waals surface area contributed by atoms with E-state index >= 15 is 0 Å². The summed E-state index contributed by atoms with van der Waals surface area (Å²) in [4.78, 5) is 15.6. The van der Waals surface area contributed by atoms with Gasteiger partial charge in [0.25, 0.3) is 5.91 Å². The van der Waals surface area contributed by atoms with E-state index in [9.17, 15) is 4.79 Å². The number of ether oxygens (including phenoxy) is 2. The van der Waals surface area contributed by atoms with Gasteiger partial charge in [0.1, 0.15) is 10.6 Å². The Labute approximate surface area is 153 Å². The van der Waals surface area contributed by atoms with Crippen molar-refractivity contribution in [2.75, 3.05) is 26.8 Å². The number of likely N-dealkylation sites (tertiary alicyclic amines) is 1. The first-order chi connectivity index (χ1) is 12.2. The second kappa shape index (κ2) is 8.50. The van der Waals surface area contributed by atoms with Gasteiger partial charge in [0, 0.05) is 26.1 Å². The Morgan fingerprint density at radius 3 is 2.80 bits per heavy atom. The third-order valence-electron chi connectivity index (χ3n) is 4.72. The van der Waals surface area contributed by atoms with Crippen LogP contribution in [0.1, 0.15) is 28.6 Å². The molecule has 0 N–H and O–H groups in total. The van der Waals surface area contributed by atoms with E-state index in [2.05, 4.69) is 24.3 Å². The number of nitrogens with zero attached hydrogens (tertiary/aromatic N) is 1. The number of carbonyl (C=O) groups excluding carboxylic acids is 1. The van der Waals surface area contributed by atoms with E-state index in [1.54, 1.807) is 7.11 Å². The number of piperidine rings is 1. The first kappa shape index (κ1) is 18.0. The molecule has 0 aliphatic carbocycles. The Morgan fingerprint density at radius 1 is 1.28 bits per heavy atom. The number of thiophene rings is 1. The maximum Gasteiger partial charge on any atom is 0.267 e. The number of rotatable bonds is 6. The lowest BCUT2D eigenvalue weighted by atomic mass is 9.88. The van der Waals surface area contributed by atoms with Crippen molar-refractivity contribution in [3.8, 4) is 5.75 Å². The van der Waals surface area contributed by atoms with E-state index in [0.29, 0.717) is 23.2 Å². The number of benzene rings is 1. The second-order valence-electron chi connectivity index (χ2n) is 6.31. The van der Waals surface area contributed by atoms with Crippen molar-refractivity contribution in [2.45, 2.75) is 25.9 Å². The van der Waals surface area contributed by atoms with E-state index in [1.165, 1.54) is 16.9 Å². The van der Waals surface area contributed by atoms with Crippen LogP contribution in [0.4, 0.5) is 0 Å². The lowest BCUT2D eigenvalue weighted by Crippen LogP contribution is -2.47. The van der Waals surface area contributed by atoms with Crippen molar-refractivity contribution in [3.05, 3.63) is 52.2 Å². The van der Waals surface area contributed by atoms with Crippen LogP contribution >= 0.6 is 11.3 Å². The van der Waals surface area contributed by atoms with Crippen LogP contribution in [-0.2, 0) is 11.2 Å². The van der Waals surface area contributed by atoms with Gasteiger partial charge in [-0.1, -0.05) is 30.3 Å². The van der Waals surface area contributed by atoms with Crippen LogP contribution in [0.2, 0.25) is 0 Å². The number of hydrogen-bond acceptors (Lipinski definition) is 4. The number of amides is 1. The third kappa shape index (κ3) is 4.22. The Kier molecular flexibility index (Phi) is 6.10. The van der Waals surface area contributed by atoms with E-state index in [-0.39, 0.29) is 12.0 Å². The summed E-state index contributed by atoms with van der Waals surface area (Å²) in [5.41, 5.74) is 1.29. The van der Waals surface area contributed by atoms with Gasteiger partial charge in [-0.25, -0.2) is 0 Å². The molecule has 25 heavy (non-hydrogen) atoms. The van der Waals surface area contributed by atoms with E-state index in [4.69, 9.17) is 9.47 Å². The van der Waals surface area contributed by atoms with Gasteiger partial charge in [-0.05, 0) is 36.8 Å². The van der Waals surface area contributed by atoms with Crippen LogP contribution in [0.5, 0.6) is 5.75 Å². The predicted octanol–water partition coefficient (Wildman–Crippen LogP) is 3.87. The average molecular weight is 359 g/mol. The molecule has 1 aromatic carbocycles. The molecule has 0 bridgehead atoms. The van der Waals surface area contributed by atoms with Gasteiger partial charge in [0.2, 0.25) is 0 Å². The molecule has 4 nitrogen and oxygen atoms in total. The monoisotopic (exact) mass is 359 g/mol. The van der Waals surface area contributed by atoms with Crippen molar-refractivity contribution >= 4 is 17.2 Å². The first-order valence-corrected chi connectivity index (χ1v) is 9.67. The van der Waals surface area contributed by atoms with Crippen LogP contribution in [0, 0.1) is 5.92 Å². The van der Waals surface area contributed by atoms with Gasteiger partial charge in [-0.15, -0.1) is 11.3 Å². The Morgan fingerprint density at radius 2 is 2.08 bits per heavy atom. The number of methoxy groups -OCH3 is 1. The highest BCUT2D eigenvalue weighted by Gasteiger charge is 2.33. The van der Waals surface area contributed by atoms with Crippen molar-refractivity contribution in [2.24, 2.45) is 5.92 Å². The maximum absolute atomic E-state index is 13.0. The smallest absolute Gasteiger partial charge is 0.267 e. The summed E-state index contributed by atoms with van der Waals surface area (Å²) in [6.07, 6.45) is 1.99. The second-order valence-corrected chi connectivity index (χ2v) is 7.23. The SMILES string of the molecule is CCOc1ccsc1C(=O)N1CC[C@@H](OC)[C@H](Cc2ccccc2)C1. The Bertz CT molecular complexity index is 685. The highest BCUT2D eigenvalue weighted by Crippen LogP contribution is 2.30. The Hall–Kier alpha value is -1.85. The minimum absolute atomic E-state index is 0.0751. The molecule has 1 saturated heterocycles. The standard InChI is InChI=1S/C20H25NO3S/c1-3-24-18-10-12-25-19(18)20(22)21-11-9-17(23-2)16(14-21)13-15-7-5-4-6-8-15/h4-8,10,12,16-17H,3,9,11,13-14H2,1-2H3/t16-,17-/m1/s1. The molecule has 5 heteroatoms. The van der Waals surface area contributed by atoms with Crippen molar-refractivity contribution in [1.29, 1.82) is 0 Å². The first-order valence-electron chi connectivity index (χ1n) is 8.79. The van der Waals surface area contributed by atoms with Crippen molar-refractivity contribution in [3.63, 3.8) is 0 Å². The van der Waals surface area contributed by atoms with Crippen molar-refractivity contribution in [1.82, 2.24) is 4.90 Å². The van der Waals surface area contributed by atoms with E-state index in [1.807, 2.05) is 29.3 Å². The molecular weight excluding hydrogens is 334 g/mol. The summed E-state index contributed by atoms with van der Waals surface area (Å²) in [6, 6.07) is 12.3. The quantitative estimate of drug-likeness (QED) is 0.786. The summed E-state index contributed by atoms with van der Waals surface area (Å²) < 4.78 is 11.3. The summed E-state index contributed by atoms with van der Waals surface area (Å²) in [5.74, 6) is 1.08. The fraction of sp³-hybridized carbons (Fsp3) is 0.450. The van der Waals surface area contributed by atoms with Crippen LogP contribution in [0.25, 0.3) is 0 Å². The molecule has 0 saturated carbocycles. The Balaban J connectivity index is 1.72. The van der Waals surface area contributed by atoms with Crippen LogP contribution < -0.4 is 4.74 Å². The van der Waals surface area contributed by atoms with Gasteiger partial charge in [0.05, 0.1) is 12.7 Å². The zero-order valence-electron chi connectivity index (χ0n) is 14.8. The van der Waals surface area contributed by atoms with E-state index < -0.39 is 0 Å². The molecule has 1 aromatic heterocycles. The lowest BCUT2D eigenvalue weighted by molar-refractivity contribution is -0.00292. The summed E-state index contributed by atoms with van der Waals surface area (Å²) >= 11 is 1.46. The third-order valence-corrected chi connectivity index (χ3v) is 5.60. The van der Waals surface area contributed by atoms with Gasteiger partial charge in [-0.3, -0.25) is 4.79 Å². The summed E-state index contributed by atoms with van der Waals surface area (Å²) in [7, 11) is 1.77. The summed E-state index contributed by atoms with van der Waals surface area (Å²) in [6.45, 7) is 3.95. The molecule has 2 heterocycles. The molecule has 0 radical (unpaired) electrons. The maximum atomic E-state index is 13.0.